The molecule has 0 aliphatic carbocycles. The lowest BCUT2D eigenvalue weighted by Crippen LogP contribution is -2.51. The van der Waals surface area contributed by atoms with E-state index in [1.54, 1.807) is 32.9 Å². The summed E-state index contributed by atoms with van der Waals surface area (Å²) >= 11 is 0. The molecule has 1 amide bonds. The number of alkyl carbamates (subject to hydrolysis) is 1. The van der Waals surface area contributed by atoms with E-state index < -0.39 is 21.7 Å². The molecule has 1 N–H and O–H groups in total. The van der Waals surface area contributed by atoms with Crippen molar-refractivity contribution >= 4 is 16.1 Å². The first kappa shape index (κ1) is 19.7. The van der Waals surface area contributed by atoms with E-state index in [-0.39, 0.29) is 18.0 Å². The summed E-state index contributed by atoms with van der Waals surface area (Å²) in [4.78, 5) is 12.5. The Morgan fingerprint density at radius 1 is 1.20 bits per heavy atom. The molecule has 1 aromatic rings. The molecule has 0 aromatic heterocycles. The normalized spacial score (nSPS) is 18.5. The highest BCUT2D eigenvalue weighted by Gasteiger charge is 2.39. The quantitative estimate of drug-likeness (QED) is 0.889. The summed E-state index contributed by atoms with van der Waals surface area (Å²) in [6.07, 6.45) is -0.540. The summed E-state index contributed by atoms with van der Waals surface area (Å²) < 4.78 is 32.2. The topological polar surface area (TPSA) is 75.7 Å². The molecular weight excluding hydrogens is 340 g/mol. The molecule has 0 fully saturated rings. The number of hydrogen-bond acceptors (Lipinski definition) is 4. The Morgan fingerprint density at radius 3 is 2.32 bits per heavy atom. The molecule has 25 heavy (non-hydrogen) atoms. The molecule has 1 heterocycles. The maximum Gasteiger partial charge on any atom is 0.407 e. The molecule has 0 saturated carbocycles. The van der Waals surface area contributed by atoms with Crippen LogP contribution in [-0.2, 0) is 21.3 Å². The van der Waals surface area contributed by atoms with Crippen LogP contribution >= 0.6 is 0 Å². The van der Waals surface area contributed by atoms with Gasteiger partial charge in [0.05, 0.1) is 10.9 Å². The van der Waals surface area contributed by atoms with Crippen LogP contribution in [0.25, 0.3) is 0 Å². The first-order valence-corrected chi connectivity index (χ1v) is 9.82. The van der Waals surface area contributed by atoms with E-state index in [1.165, 1.54) is 4.31 Å². The fraction of sp³-hybridized carbons (Fsp3) is 0.611. The third-order valence-electron chi connectivity index (χ3n) is 4.06. The summed E-state index contributed by atoms with van der Waals surface area (Å²) in [7, 11) is -3.53. The summed E-state index contributed by atoms with van der Waals surface area (Å²) in [5.41, 5.74) is -0.156. The molecule has 1 aromatic carbocycles. The van der Waals surface area contributed by atoms with E-state index in [9.17, 15) is 13.2 Å². The Bertz CT molecular complexity index is 745. The number of benzene rings is 1. The molecule has 7 heteroatoms. The van der Waals surface area contributed by atoms with Crippen LogP contribution in [0, 0.1) is 5.41 Å². The van der Waals surface area contributed by atoms with Gasteiger partial charge in [0, 0.05) is 13.1 Å². The molecule has 1 aliphatic heterocycles. The lowest BCUT2D eigenvalue weighted by molar-refractivity contribution is 0.0452. The van der Waals surface area contributed by atoms with Crippen molar-refractivity contribution in [2.24, 2.45) is 5.41 Å². The second-order valence-corrected chi connectivity index (χ2v) is 10.4. The number of hydrogen-bond donors (Lipinski definition) is 1. The average Bonchev–Trinajstić information content (AvgIpc) is 2.67. The zero-order valence-corrected chi connectivity index (χ0v) is 16.6. The minimum atomic E-state index is -3.53. The van der Waals surface area contributed by atoms with E-state index in [0.717, 1.165) is 5.56 Å². The van der Waals surface area contributed by atoms with Crippen molar-refractivity contribution in [3.05, 3.63) is 29.8 Å². The highest BCUT2D eigenvalue weighted by atomic mass is 32.2. The van der Waals surface area contributed by atoms with Crippen LogP contribution in [0.4, 0.5) is 4.79 Å². The number of sulfonamides is 1. The van der Waals surface area contributed by atoms with Gasteiger partial charge in [-0.05, 0) is 37.8 Å². The molecule has 6 nitrogen and oxygen atoms in total. The average molecular weight is 368 g/mol. The van der Waals surface area contributed by atoms with Crippen molar-refractivity contribution in [3.63, 3.8) is 0 Å². The maximum absolute atomic E-state index is 12.7. The zero-order valence-electron chi connectivity index (χ0n) is 15.8. The standard InChI is InChI=1S/C18H28N2O4S/c1-17(2,3)15(19-16(21)24-18(4,5)6)12-20-11-13-9-7-8-10-14(13)25(20,22)23/h7-10,15H,11-12H2,1-6H3,(H,19,21)/t15-/m0/s1. The number of amides is 1. The number of carbonyl (C=O) groups excluding carboxylic acids is 1. The number of nitrogens with one attached hydrogen (secondary N) is 1. The second kappa shape index (κ2) is 6.61. The van der Waals surface area contributed by atoms with Gasteiger partial charge in [-0.2, -0.15) is 4.31 Å². The second-order valence-electron chi connectivity index (χ2n) is 8.47. The van der Waals surface area contributed by atoms with Crippen LogP contribution in [0.1, 0.15) is 47.1 Å². The molecular formula is C18H28N2O4S. The van der Waals surface area contributed by atoms with Gasteiger partial charge in [0.1, 0.15) is 5.60 Å². The molecule has 140 valence electrons. The lowest BCUT2D eigenvalue weighted by Gasteiger charge is -2.34. The summed E-state index contributed by atoms with van der Waals surface area (Å²) in [5.74, 6) is 0. The Labute approximate surface area is 150 Å². The van der Waals surface area contributed by atoms with Crippen LogP contribution in [-0.4, -0.2) is 37.0 Å². The third-order valence-corrected chi connectivity index (χ3v) is 5.97. The largest absolute Gasteiger partial charge is 0.444 e. The van der Waals surface area contributed by atoms with E-state index in [0.29, 0.717) is 11.4 Å². The third kappa shape index (κ3) is 4.73. The lowest BCUT2D eigenvalue weighted by atomic mass is 9.86. The Hall–Kier alpha value is -1.60. The van der Waals surface area contributed by atoms with Crippen LogP contribution in [0.3, 0.4) is 0 Å². The molecule has 0 spiro atoms. The minimum Gasteiger partial charge on any atom is -0.444 e. The number of ether oxygens (including phenoxy) is 1. The molecule has 2 rings (SSSR count). The van der Waals surface area contributed by atoms with Crippen LogP contribution in [0.2, 0.25) is 0 Å². The number of fused-ring (bicyclic) bond motifs is 1. The van der Waals surface area contributed by atoms with Gasteiger partial charge in [-0.25, -0.2) is 13.2 Å². The summed E-state index contributed by atoms with van der Waals surface area (Å²) in [5, 5.41) is 2.84. The molecule has 0 radical (unpaired) electrons. The monoisotopic (exact) mass is 368 g/mol. The van der Waals surface area contributed by atoms with Gasteiger partial charge in [-0.15, -0.1) is 0 Å². The van der Waals surface area contributed by atoms with Gasteiger partial charge in [0.2, 0.25) is 10.0 Å². The van der Waals surface area contributed by atoms with Crippen LogP contribution < -0.4 is 5.32 Å². The van der Waals surface area contributed by atoms with Gasteiger partial charge in [-0.3, -0.25) is 0 Å². The van der Waals surface area contributed by atoms with Gasteiger partial charge in [0.25, 0.3) is 0 Å². The molecule has 0 bridgehead atoms. The minimum absolute atomic E-state index is 0.194. The maximum atomic E-state index is 12.7. The molecule has 0 saturated heterocycles. The number of carbonyl (C=O) groups is 1. The number of rotatable bonds is 3. The van der Waals surface area contributed by atoms with Crippen molar-refractivity contribution in [2.45, 2.75) is 64.6 Å². The van der Waals surface area contributed by atoms with Gasteiger partial charge in [-0.1, -0.05) is 39.0 Å². The highest BCUT2D eigenvalue weighted by Crippen LogP contribution is 2.32. The Balaban J connectivity index is 2.18. The van der Waals surface area contributed by atoms with E-state index in [4.69, 9.17) is 4.74 Å². The van der Waals surface area contributed by atoms with E-state index in [1.807, 2.05) is 32.9 Å². The van der Waals surface area contributed by atoms with Crippen molar-refractivity contribution in [1.82, 2.24) is 9.62 Å². The summed E-state index contributed by atoms with van der Waals surface area (Å²) in [6, 6.07) is 6.61. The molecule has 0 unspecified atom stereocenters. The Morgan fingerprint density at radius 2 is 1.80 bits per heavy atom. The van der Waals surface area contributed by atoms with E-state index in [2.05, 4.69) is 5.32 Å². The Kier molecular flexibility index (Phi) is 5.21. The van der Waals surface area contributed by atoms with Crippen molar-refractivity contribution in [1.29, 1.82) is 0 Å². The van der Waals surface area contributed by atoms with Crippen molar-refractivity contribution in [2.75, 3.05) is 6.54 Å². The first-order chi connectivity index (χ1) is 11.3. The van der Waals surface area contributed by atoms with Crippen LogP contribution in [0.5, 0.6) is 0 Å². The zero-order chi connectivity index (χ0) is 19.0. The van der Waals surface area contributed by atoms with Crippen LogP contribution in [0.15, 0.2) is 29.2 Å². The number of nitrogens with zero attached hydrogens (tertiary/aromatic N) is 1. The van der Waals surface area contributed by atoms with Gasteiger partial charge in [0.15, 0.2) is 0 Å². The molecule has 1 aliphatic rings. The predicted octanol–water partition coefficient (Wildman–Crippen LogP) is 3.13. The highest BCUT2D eigenvalue weighted by molar-refractivity contribution is 7.89. The fourth-order valence-electron chi connectivity index (χ4n) is 2.65. The predicted molar refractivity (Wildman–Crippen MR) is 96.7 cm³/mol. The first-order valence-electron chi connectivity index (χ1n) is 8.38. The fourth-order valence-corrected chi connectivity index (χ4v) is 4.30. The molecule has 1 atom stereocenters. The van der Waals surface area contributed by atoms with Crippen molar-refractivity contribution < 1.29 is 17.9 Å². The van der Waals surface area contributed by atoms with Crippen molar-refractivity contribution in [3.8, 4) is 0 Å². The van der Waals surface area contributed by atoms with Gasteiger partial charge >= 0.3 is 6.09 Å². The van der Waals surface area contributed by atoms with Gasteiger partial charge < -0.3 is 10.1 Å². The SMILES string of the molecule is CC(C)(C)OC(=O)N[C@@H](CN1Cc2ccccc2S1(=O)=O)C(C)(C)C. The van der Waals surface area contributed by atoms with E-state index >= 15 is 0 Å². The summed E-state index contributed by atoms with van der Waals surface area (Å²) in [6.45, 7) is 11.8. The smallest absolute Gasteiger partial charge is 0.407 e.